The predicted molar refractivity (Wildman–Crippen MR) is 86.8 cm³/mol. The maximum atomic E-state index is 12.0. The summed E-state index contributed by atoms with van der Waals surface area (Å²) in [4.78, 5) is 12.0. The fourth-order valence-electron chi connectivity index (χ4n) is 2.23. The Morgan fingerprint density at radius 2 is 1.68 bits per heavy atom. The molecule has 0 aliphatic heterocycles. The van der Waals surface area contributed by atoms with Crippen LogP contribution in [0, 0.1) is 0 Å². The lowest BCUT2D eigenvalue weighted by molar-refractivity contribution is 0.00695. The molecule has 0 saturated heterocycles. The number of hydrogen-bond acceptors (Lipinski definition) is 3. The Labute approximate surface area is 129 Å². The zero-order valence-corrected chi connectivity index (χ0v) is 12.9. The molecule has 1 heterocycles. The van der Waals surface area contributed by atoms with Gasteiger partial charge in [-0.1, -0.05) is 30.3 Å². The fourth-order valence-corrected chi connectivity index (χ4v) is 2.23. The molecule has 3 aromatic rings. The molecule has 0 aliphatic rings. The molecule has 0 fully saturated rings. The Morgan fingerprint density at radius 1 is 1.00 bits per heavy atom. The molecular weight excluding hydrogens is 276 g/mol. The summed E-state index contributed by atoms with van der Waals surface area (Å²) in [7, 11) is 0. The summed E-state index contributed by atoms with van der Waals surface area (Å²) >= 11 is 0. The van der Waals surface area contributed by atoms with Crippen LogP contribution in [0.1, 0.15) is 31.1 Å². The van der Waals surface area contributed by atoms with E-state index in [1.807, 2.05) is 63.2 Å². The lowest BCUT2D eigenvalue weighted by atomic mass is 10.1. The topological polar surface area (TPSA) is 39.4 Å². The second kappa shape index (κ2) is 5.34. The minimum Gasteiger partial charge on any atom is -0.456 e. The summed E-state index contributed by atoms with van der Waals surface area (Å²) < 4.78 is 11.2. The Hall–Kier alpha value is -2.55. The Morgan fingerprint density at radius 3 is 2.32 bits per heavy atom. The van der Waals surface area contributed by atoms with Gasteiger partial charge in [-0.05, 0) is 45.0 Å². The van der Waals surface area contributed by atoms with Crippen molar-refractivity contribution in [3.05, 3.63) is 60.2 Å². The minimum absolute atomic E-state index is 0.316. The molecule has 3 heteroatoms. The molecule has 0 atom stereocenters. The molecule has 0 amide bonds. The number of rotatable bonds is 2. The maximum absolute atomic E-state index is 12.0. The molecule has 0 N–H and O–H groups in total. The summed E-state index contributed by atoms with van der Waals surface area (Å²) in [5.41, 5.74) is 1.83. The average molecular weight is 294 g/mol. The average Bonchev–Trinajstić information content (AvgIpc) is 2.89. The van der Waals surface area contributed by atoms with E-state index in [9.17, 15) is 4.79 Å². The number of ether oxygens (including phenoxy) is 1. The molecule has 3 nitrogen and oxygen atoms in total. The van der Waals surface area contributed by atoms with E-state index < -0.39 is 5.60 Å². The number of fused-ring (bicyclic) bond motifs is 1. The second-order valence-electron chi connectivity index (χ2n) is 6.23. The zero-order chi connectivity index (χ0) is 15.7. The van der Waals surface area contributed by atoms with E-state index in [1.165, 1.54) is 0 Å². The number of benzene rings is 2. The van der Waals surface area contributed by atoms with Gasteiger partial charge in [0, 0.05) is 10.9 Å². The second-order valence-corrected chi connectivity index (χ2v) is 6.23. The summed E-state index contributed by atoms with van der Waals surface area (Å²) in [6, 6.07) is 17.1. The van der Waals surface area contributed by atoms with Gasteiger partial charge in [-0.15, -0.1) is 0 Å². The van der Waals surface area contributed by atoms with Crippen molar-refractivity contribution >= 4 is 16.9 Å². The molecule has 3 rings (SSSR count). The summed E-state index contributed by atoms with van der Waals surface area (Å²) in [5.74, 6) is 0.473. The highest BCUT2D eigenvalue weighted by Gasteiger charge is 2.18. The molecule has 22 heavy (non-hydrogen) atoms. The molecule has 112 valence electrons. The normalized spacial score (nSPS) is 11.6. The highest BCUT2D eigenvalue weighted by molar-refractivity contribution is 5.90. The van der Waals surface area contributed by atoms with Gasteiger partial charge in [0.05, 0.1) is 5.56 Å². The molecular formula is C19H18O3. The molecule has 0 spiro atoms. The van der Waals surface area contributed by atoms with Gasteiger partial charge in [0.15, 0.2) is 0 Å². The predicted octanol–water partition coefficient (Wildman–Crippen LogP) is 5.06. The van der Waals surface area contributed by atoms with Gasteiger partial charge in [-0.25, -0.2) is 4.79 Å². The van der Waals surface area contributed by atoms with Gasteiger partial charge in [-0.3, -0.25) is 0 Å². The third kappa shape index (κ3) is 3.03. The number of esters is 1. The monoisotopic (exact) mass is 294 g/mol. The van der Waals surface area contributed by atoms with Crippen LogP contribution in [0.2, 0.25) is 0 Å². The van der Waals surface area contributed by atoms with E-state index in [0.717, 1.165) is 22.3 Å². The summed E-state index contributed by atoms with van der Waals surface area (Å²) in [6.07, 6.45) is 0. The van der Waals surface area contributed by atoms with Gasteiger partial charge in [0.1, 0.15) is 16.9 Å². The first-order valence-corrected chi connectivity index (χ1v) is 7.25. The van der Waals surface area contributed by atoms with E-state index in [2.05, 4.69) is 0 Å². The lowest BCUT2D eigenvalue weighted by Crippen LogP contribution is -2.23. The van der Waals surface area contributed by atoms with Crippen molar-refractivity contribution < 1.29 is 13.9 Å². The SMILES string of the molecule is CC(C)(C)OC(=O)c1ccc(-c2cc3ccccc3o2)cc1. The molecule has 0 unspecified atom stereocenters. The van der Waals surface area contributed by atoms with Crippen LogP contribution in [0.3, 0.4) is 0 Å². The van der Waals surface area contributed by atoms with Crippen molar-refractivity contribution in [2.75, 3.05) is 0 Å². The van der Waals surface area contributed by atoms with E-state index in [0.29, 0.717) is 5.56 Å². The number of hydrogen-bond donors (Lipinski definition) is 0. The van der Waals surface area contributed by atoms with Gasteiger partial charge < -0.3 is 9.15 Å². The van der Waals surface area contributed by atoms with Crippen molar-refractivity contribution in [3.63, 3.8) is 0 Å². The molecule has 2 aromatic carbocycles. The van der Waals surface area contributed by atoms with Gasteiger partial charge >= 0.3 is 5.97 Å². The van der Waals surface area contributed by atoms with E-state index in [4.69, 9.17) is 9.15 Å². The van der Waals surface area contributed by atoms with Crippen molar-refractivity contribution in [2.24, 2.45) is 0 Å². The molecule has 0 saturated carbocycles. The van der Waals surface area contributed by atoms with E-state index in [1.54, 1.807) is 12.1 Å². The highest BCUT2D eigenvalue weighted by Crippen LogP contribution is 2.28. The first-order valence-electron chi connectivity index (χ1n) is 7.25. The molecule has 0 bridgehead atoms. The summed E-state index contributed by atoms with van der Waals surface area (Å²) in [6.45, 7) is 5.56. The smallest absolute Gasteiger partial charge is 0.338 e. The van der Waals surface area contributed by atoms with Crippen LogP contribution >= 0.6 is 0 Å². The van der Waals surface area contributed by atoms with Crippen LogP contribution < -0.4 is 0 Å². The lowest BCUT2D eigenvalue weighted by Gasteiger charge is -2.19. The highest BCUT2D eigenvalue weighted by atomic mass is 16.6. The van der Waals surface area contributed by atoms with Gasteiger partial charge in [0.25, 0.3) is 0 Å². The third-order valence-electron chi connectivity index (χ3n) is 3.23. The van der Waals surface area contributed by atoms with Crippen molar-refractivity contribution in [1.29, 1.82) is 0 Å². The Balaban J connectivity index is 1.86. The van der Waals surface area contributed by atoms with Crippen LogP contribution in [0.25, 0.3) is 22.3 Å². The van der Waals surface area contributed by atoms with Crippen LogP contribution in [-0.2, 0) is 4.74 Å². The Kier molecular flexibility index (Phi) is 3.49. The van der Waals surface area contributed by atoms with Crippen molar-refractivity contribution in [1.82, 2.24) is 0 Å². The quantitative estimate of drug-likeness (QED) is 0.620. The summed E-state index contributed by atoms with van der Waals surface area (Å²) in [5, 5.41) is 1.06. The zero-order valence-electron chi connectivity index (χ0n) is 12.9. The number of para-hydroxylation sites is 1. The first-order chi connectivity index (χ1) is 10.4. The van der Waals surface area contributed by atoms with Gasteiger partial charge in [0.2, 0.25) is 0 Å². The minimum atomic E-state index is -0.492. The molecule has 0 radical (unpaired) electrons. The number of furan rings is 1. The molecule has 0 aliphatic carbocycles. The number of carbonyl (C=O) groups is 1. The standard InChI is InChI=1S/C19H18O3/c1-19(2,3)22-18(20)14-10-8-13(9-11-14)17-12-15-6-4-5-7-16(15)21-17/h4-12H,1-3H3. The van der Waals surface area contributed by atoms with E-state index in [-0.39, 0.29) is 5.97 Å². The van der Waals surface area contributed by atoms with Crippen molar-refractivity contribution in [2.45, 2.75) is 26.4 Å². The Bertz CT molecular complexity index is 772. The van der Waals surface area contributed by atoms with Crippen LogP contribution in [0.5, 0.6) is 0 Å². The third-order valence-corrected chi connectivity index (χ3v) is 3.23. The van der Waals surface area contributed by atoms with Crippen LogP contribution in [0.15, 0.2) is 59.0 Å². The van der Waals surface area contributed by atoms with Crippen LogP contribution in [0.4, 0.5) is 0 Å². The maximum Gasteiger partial charge on any atom is 0.338 e. The fraction of sp³-hybridized carbons (Fsp3) is 0.211. The van der Waals surface area contributed by atoms with Gasteiger partial charge in [-0.2, -0.15) is 0 Å². The number of carbonyl (C=O) groups excluding carboxylic acids is 1. The first kappa shape index (κ1) is 14.4. The van der Waals surface area contributed by atoms with Crippen molar-refractivity contribution in [3.8, 4) is 11.3 Å². The largest absolute Gasteiger partial charge is 0.456 e. The van der Waals surface area contributed by atoms with Crippen LogP contribution in [-0.4, -0.2) is 11.6 Å². The molecule has 1 aromatic heterocycles. The van der Waals surface area contributed by atoms with E-state index >= 15 is 0 Å².